The zero-order valence-corrected chi connectivity index (χ0v) is 13.6. The summed E-state index contributed by atoms with van der Waals surface area (Å²) < 4.78 is 1.95. The number of hydrogen-bond acceptors (Lipinski definition) is 4. The average Bonchev–Trinajstić information content (AvgIpc) is 2.91. The molecule has 0 unspecified atom stereocenters. The first-order valence-corrected chi connectivity index (χ1v) is 7.38. The van der Waals surface area contributed by atoms with Gasteiger partial charge in [-0.2, -0.15) is 5.10 Å². The molecule has 0 aliphatic heterocycles. The topological polar surface area (TPSA) is 63.1 Å². The van der Waals surface area contributed by atoms with Gasteiger partial charge in [0.2, 0.25) is 0 Å². The van der Waals surface area contributed by atoms with E-state index in [2.05, 4.69) is 29.2 Å². The van der Waals surface area contributed by atoms with Gasteiger partial charge in [-0.1, -0.05) is 13.8 Å². The van der Waals surface area contributed by atoms with Crippen LogP contribution in [0.15, 0.2) is 30.7 Å². The smallest absolute Gasteiger partial charge is 0.253 e. The van der Waals surface area contributed by atoms with Gasteiger partial charge < -0.3 is 10.2 Å². The van der Waals surface area contributed by atoms with Gasteiger partial charge in [0.25, 0.3) is 5.91 Å². The van der Waals surface area contributed by atoms with Crippen molar-refractivity contribution in [2.75, 3.05) is 19.4 Å². The third kappa shape index (κ3) is 4.31. The Morgan fingerprint density at radius 2 is 2.18 bits per heavy atom. The molecule has 22 heavy (non-hydrogen) atoms. The van der Waals surface area contributed by atoms with E-state index in [9.17, 15) is 4.79 Å². The third-order valence-electron chi connectivity index (χ3n) is 3.13. The number of rotatable bonds is 6. The molecule has 6 nitrogen and oxygen atoms in total. The first-order chi connectivity index (χ1) is 10.5. The van der Waals surface area contributed by atoms with Crippen molar-refractivity contribution >= 4 is 11.7 Å². The summed E-state index contributed by atoms with van der Waals surface area (Å²) in [6.45, 7) is 5.86. The maximum absolute atomic E-state index is 11.9. The Bertz CT molecular complexity index is 633. The lowest BCUT2D eigenvalue weighted by Gasteiger charge is -2.11. The second-order valence-corrected chi connectivity index (χ2v) is 5.95. The first kappa shape index (κ1) is 16.0. The van der Waals surface area contributed by atoms with Gasteiger partial charge in [-0.25, -0.2) is 4.98 Å². The van der Waals surface area contributed by atoms with Crippen LogP contribution in [0.1, 0.15) is 29.8 Å². The first-order valence-electron chi connectivity index (χ1n) is 7.38. The predicted molar refractivity (Wildman–Crippen MR) is 86.6 cm³/mol. The van der Waals surface area contributed by atoms with E-state index in [-0.39, 0.29) is 5.91 Å². The average molecular weight is 301 g/mol. The minimum Gasteiger partial charge on any atom is -0.366 e. The number of nitrogens with zero attached hydrogens (tertiary/aromatic N) is 4. The molecule has 2 heterocycles. The maximum atomic E-state index is 11.9. The number of amides is 1. The van der Waals surface area contributed by atoms with Gasteiger partial charge in [0.05, 0.1) is 6.20 Å². The maximum Gasteiger partial charge on any atom is 0.253 e. The van der Waals surface area contributed by atoms with Crippen molar-refractivity contribution in [3.63, 3.8) is 0 Å². The fourth-order valence-electron chi connectivity index (χ4n) is 2.08. The summed E-state index contributed by atoms with van der Waals surface area (Å²) in [5.41, 5.74) is 1.71. The van der Waals surface area contributed by atoms with Crippen molar-refractivity contribution in [2.24, 2.45) is 5.92 Å². The molecule has 1 N–H and O–H groups in total. The molecule has 0 saturated heterocycles. The van der Waals surface area contributed by atoms with Crippen molar-refractivity contribution in [1.29, 1.82) is 0 Å². The summed E-state index contributed by atoms with van der Waals surface area (Å²) in [5.74, 6) is 1.22. The van der Waals surface area contributed by atoms with Gasteiger partial charge in [0.1, 0.15) is 5.82 Å². The monoisotopic (exact) mass is 301 g/mol. The molecule has 1 amide bonds. The molecule has 2 aromatic heterocycles. The molecule has 0 radical (unpaired) electrons. The summed E-state index contributed by atoms with van der Waals surface area (Å²) in [5, 5.41) is 7.56. The summed E-state index contributed by atoms with van der Waals surface area (Å²) in [4.78, 5) is 17.7. The fraction of sp³-hybridized carbons (Fsp3) is 0.438. The molecule has 118 valence electrons. The van der Waals surface area contributed by atoms with E-state index in [4.69, 9.17) is 0 Å². The molecule has 2 rings (SSSR count). The van der Waals surface area contributed by atoms with Gasteiger partial charge in [-0.15, -0.1) is 0 Å². The van der Waals surface area contributed by atoms with Crippen LogP contribution in [0.4, 0.5) is 5.82 Å². The standard InChI is InChI=1S/C16H23N5O/c1-12(2)10-21-11-13(9-19-21)8-18-15-7-14(5-6-17-15)16(22)20(3)4/h5-7,9,11-12H,8,10H2,1-4H3,(H,17,18). The van der Waals surface area contributed by atoms with Crippen molar-refractivity contribution in [1.82, 2.24) is 19.7 Å². The molecule has 0 saturated carbocycles. The van der Waals surface area contributed by atoms with Crippen LogP contribution in [-0.4, -0.2) is 39.7 Å². The van der Waals surface area contributed by atoms with E-state index in [1.54, 1.807) is 37.3 Å². The Morgan fingerprint density at radius 1 is 1.41 bits per heavy atom. The van der Waals surface area contributed by atoms with Crippen LogP contribution >= 0.6 is 0 Å². The Kier molecular flexibility index (Phi) is 5.14. The normalized spacial score (nSPS) is 10.8. The summed E-state index contributed by atoms with van der Waals surface area (Å²) in [6, 6.07) is 3.48. The SMILES string of the molecule is CC(C)Cn1cc(CNc2cc(C(=O)N(C)C)ccn2)cn1. The Hall–Kier alpha value is -2.37. The van der Waals surface area contributed by atoms with Crippen molar-refractivity contribution < 1.29 is 4.79 Å². The molecule has 6 heteroatoms. The van der Waals surface area contributed by atoms with Crippen LogP contribution in [0, 0.1) is 5.92 Å². The van der Waals surface area contributed by atoms with Crippen LogP contribution in [0.3, 0.4) is 0 Å². The highest BCUT2D eigenvalue weighted by molar-refractivity contribution is 5.94. The summed E-state index contributed by atoms with van der Waals surface area (Å²) in [7, 11) is 3.47. The zero-order chi connectivity index (χ0) is 16.1. The summed E-state index contributed by atoms with van der Waals surface area (Å²) >= 11 is 0. The highest BCUT2D eigenvalue weighted by atomic mass is 16.2. The number of aromatic nitrogens is 3. The molecule has 2 aromatic rings. The molecule has 0 aliphatic carbocycles. The van der Waals surface area contributed by atoms with E-state index >= 15 is 0 Å². The number of nitrogens with one attached hydrogen (secondary N) is 1. The van der Waals surface area contributed by atoms with Crippen molar-refractivity contribution in [3.05, 3.63) is 41.9 Å². The van der Waals surface area contributed by atoms with Gasteiger partial charge in [0, 0.05) is 50.7 Å². The van der Waals surface area contributed by atoms with Gasteiger partial charge in [-0.3, -0.25) is 9.48 Å². The van der Waals surface area contributed by atoms with Gasteiger partial charge >= 0.3 is 0 Å². The lowest BCUT2D eigenvalue weighted by molar-refractivity contribution is 0.0827. The van der Waals surface area contributed by atoms with Crippen molar-refractivity contribution in [2.45, 2.75) is 26.9 Å². The van der Waals surface area contributed by atoms with Crippen LogP contribution in [-0.2, 0) is 13.1 Å². The number of hydrogen-bond donors (Lipinski definition) is 1. The van der Waals surface area contributed by atoms with Crippen LogP contribution in [0.25, 0.3) is 0 Å². The lowest BCUT2D eigenvalue weighted by Crippen LogP contribution is -2.21. The Labute approximate surface area is 131 Å². The van der Waals surface area contributed by atoms with E-state index < -0.39 is 0 Å². The van der Waals surface area contributed by atoms with Crippen LogP contribution in [0.2, 0.25) is 0 Å². The summed E-state index contributed by atoms with van der Waals surface area (Å²) in [6.07, 6.45) is 5.52. The number of anilines is 1. The van der Waals surface area contributed by atoms with E-state index in [0.717, 1.165) is 12.1 Å². The quantitative estimate of drug-likeness (QED) is 0.889. The number of carbonyl (C=O) groups is 1. The molecule has 0 bridgehead atoms. The van der Waals surface area contributed by atoms with Gasteiger partial charge in [-0.05, 0) is 18.1 Å². The third-order valence-corrected chi connectivity index (χ3v) is 3.13. The molecule has 0 spiro atoms. The molecular formula is C16H23N5O. The minimum atomic E-state index is -0.0322. The Balaban J connectivity index is 1.98. The van der Waals surface area contributed by atoms with Crippen LogP contribution in [0.5, 0.6) is 0 Å². The highest BCUT2D eigenvalue weighted by Crippen LogP contribution is 2.10. The molecule has 0 aromatic carbocycles. The number of carbonyl (C=O) groups excluding carboxylic acids is 1. The van der Waals surface area contributed by atoms with Crippen molar-refractivity contribution in [3.8, 4) is 0 Å². The van der Waals surface area contributed by atoms with E-state index in [0.29, 0.717) is 23.8 Å². The van der Waals surface area contributed by atoms with E-state index in [1.165, 1.54) is 0 Å². The molecule has 0 atom stereocenters. The minimum absolute atomic E-state index is 0.0322. The number of pyridine rings is 1. The van der Waals surface area contributed by atoms with Crippen LogP contribution < -0.4 is 5.32 Å². The fourth-order valence-corrected chi connectivity index (χ4v) is 2.08. The zero-order valence-electron chi connectivity index (χ0n) is 13.6. The highest BCUT2D eigenvalue weighted by Gasteiger charge is 2.09. The molecular weight excluding hydrogens is 278 g/mol. The Morgan fingerprint density at radius 3 is 2.86 bits per heavy atom. The van der Waals surface area contributed by atoms with E-state index in [1.807, 2.05) is 17.1 Å². The molecule has 0 aliphatic rings. The largest absolute Gasteiger partial charge is 0.366 e. The predicted octanol–water partition coefficient (Wildman–Crippen LogP) is 2.25. The van der Waals surface area contributed by atoms with Gasteiger partial charge in [0.15, 0.2) is 0 Å². The lowest BCUT2D eigenvalue weighted by atomic mass is 10.2. The second-order valence-electron chi connectivity index (χ2n) is 5.95. The second kappa shape index (κ2) is 7.06. The molecule has 0 fully saturated rings.